The van der Waals surface area contributed by atoms with Crippen molar-refractivity contribution in [3.05, 3.63) is 35.4 Å². The van der Waals surface area contributed by atoms with E-state index < -0.39 is 11.6 Å². The summed E-state index contributed by atoms with van der Waals surface area (Å²) in [5, 5.41) is 5.70. The maximum atomic E-state index is 13.0. The van der Waals surface area contributed by atoms with Crippen molar-refractivity contribution in [1.29, 1.82) is 0 Å². The van der Waals surface area contributed by atoms with Crippen molar-refractivity contribution < 1.29 is 13.6 Å². The lowest BCUT2D eigenvalue weighted by atomic mass is 10.1. The average Bonchev–Trinajstić information content (AvgIpc) is 2.33. The Morgan fingerprint density at radius 2 is 2.00 bits per heavy atom. The molecule has 0 aromatic heterocycles. The summed E-state index contributed by atoms with van der Waals surface area (Å²) in [6, 6.07) is 3.31. The number of hydrogen-bond donors (Lipinski definition) is 2. The van der Waals surface area contributed by atoms with Crippen LogP contribution in [0.3, 0.4) is 0 Å². The molecule has 0 bridgehead atoms. The molecular weight excluding hydrogens is 274 g/mol. The Morgan fingerprint density at radius 3 is 2.58 bits per heavy atom. The third-order valence-electron chi connectivity index (χ3n) is 2.65. The van der Waals surface area contributed by atoms with E-state index in [9.17, 15) is 13.6 Å². The molecule has 0 spiro atoms. The molecule has 1 aromatic rings. The van der Waals surface area contributed by atoms with Crippen LogP contribution in [0.1, 0.15) is 31.4 Å². The van der Waals surface area contributed by atoms with Crippen LogP contribution >= 0.6 is 12.4 Å². The van der Waals surface area contributed by atoms with Crippen molar-refractivity contribution in [2.45, 2.75) is 25.8 Å². The quantitative estimate of drug-likeness (QED) is 0.791. The number of carbonyl (C=O) groups excluding carboxylic acids is 1. The van der Waals surface area contributed by atoms with Crippen LogP contribution in [0.15, 0.2) is 18.2 Å². The molecule has 1 unspecified atom stereocenters. The smallest absolute Gasteiger partial charge is 0.220 e. The van der Waals surface area contributed by atoms with Gasteiger partial charge in [-0.15, -0.1) is 12.4 Å². The van der Waals surface area contributed by atoms with E-state index >= 15 is 0 Å². The van der Waals surface area contributed by atoms with Crippen LogP contribution < -0.4 is 10.6 Å². The molecule has 6 heteroatoms. The normalized spacial score (nSPS) is 11.6. The first-order valence-electron chi connectivity index (χ1n) is 5.93. The molecule has 0 aliphatic heterocycles. The van der Waals surface area contributed by atoms with Gasteiger partial charge in [0, 0.05) is 6.42 Å². The van der Waals surface area contributed by atoms with E-state index in [2.05, 4.69) is 10.6 Å². The standard InChI is InChI=1S/C13H18F2N2O.ClH/c1-9(17-13(18)4-3-7-16-2)10-5-6-11(14)12(15)8-10;/h5-6,8-9,16H,3-4,7H2,1-2H3,(H,17,18);1H. The second kappa shape index (κ2) is 8.82. The number of halogens is 3. The summed E-state index contributed by atoms with van der Waals surface area (Å²) >= 11 is 0. The highest BCUT2D eigenvalue weighted by molar-refractivity contribution is 5.85. The SMILES string of the molecule is CNCCCC(=O)NC(C)c1ccc(F)c(F)c1.Cl. The first-order chi connectivity index (χ1) is 8.54. The van der Waals surface area contributed by atoms with Crippen molar-refractivity contribution in [2.75, 3.05) is 13.6 Å². The van der Waals surface area contributed by atoms with Gasteiger partial charge < -0.3 is 10.6 Å². The van der Waals surface area contributed by atoms with Crippen molar-refractivity contribution in [1.82, 2.24) is 10.6 Å². The van der Waals surface area contributed by atoms with Gasteiger partial charge >= 0.3 is 0 Å². The molecule has 0 fully saturated rings. The van der Waals surface area contributed by atoms with Crippen molar-refractivity contribution in [3.63, 3.8) is 0 Å². The van der Waals surface area contributed by atoms with E-state index in [-0.39, 0.29) is 24.4 Å². The lowest BCUT2D eigenvalue weighted by Gasteiger charge is -2.14. The summed E-state index contributed by atoms with van der Waals surface area (Å²) in [6.07, 6.45) is 1.15. The Labute approximate surface area is 118 Å². The molecule has 3 nitrogen and oxygen atoms in total. The minimum atomic E-state index is -0.899. The molecule has 1 amide bonds. The monoisotopic (exact) mass is 292 g/mol. The van der Waals surface area contributed by atoms with Crippen LogP contribution in [0.2, 0.25) is 0 Å². The van der Waals surface area contributed by atoms with E-state index in [1.54, 1.807) is 6.92 Å². The van der Waals surface area contributed by atoms with Gasteiger partial charge in [-0.1, -0.05) is 6.07 Å². The van der Waals surface area contributed by atoms with Crippen molar-refractivity contribution in [2.24, 2.45) is 0 Å². The zero-order chi connectivity index (χ0) is 13.5. The largest absolute Gasteiger partial charge is 0.350 e. The van der Waals surface area contributed by atoms with E-state index in [1.807, 2.05) is 7.05 Å². The third kappa shape index (κ3) is 5.98. The third-order valence-corrected chi connectivity index (χ3v) is 2.65. The Morgan fingerprint density at radius 1 is 1.32 bits per heavy atom. The van der Waals surface area contributed by atoms with Crippen molar-refractivity contribution in [3.8, 4) is 0 Å². The molecule has 1 atom stereocenters. The highest BCUT2D eigenvalue weighted by atomic mass is 35.5. The van der Waals surface area contributed by atoms with Gasteiger partial charge in [0.15, 0.2) is 11.6 Å². The molecule has 108 valence electrons. The molecular formula is C13H19ClF2N2O. The Kier molecular flexibility index (Phi) is 8.27. The van der Waals surface area contributed by atoms with Gasteiger partial charge in [0.25, 0.3) is 0 Å². The number of amides is 1. The molecule has 19 heavy (non-hydrogen) atoms. The molecule has 0 radical (unpaired) electrons. The Hall–Kier alpha value is -1.20. The van der Waals surface area contributed by atoms with E-state index in [0.29, 0.717) is 12.0 Å². The summed E-state index contributed by atoms with van der Waals surface area (Å²) in [4.78, 5) is 11.5. The maximum Gasteiger partial charge on any atom is 0.220 e. The number of benzene rings is 1. The second-order valence-corrected chi connectivity index (χ2v) is 4.17. The van der Waals surface area contributed by atoms with Crippen molar-refractivity contribution >= 4 is 18.3 Å². The number of nitrogens with one attached hydrogen (secondary N) is 2. The van der Waals surface area contributed by atoms with Gasteiger partial charge in [-0.2, -0.15) is 0 Å². The van der Waals surface area contributed by atoms with E-state index in [1.165, 1.54) is 6.07 Å². The number of hydrogen-bond acceptors (Lipinski definition) is 2. The predicted octanol–water partition coefficient (Wildman–Crippen LogP) is 2.56. The van der Waals surface area contributed by atoms with E-state index in [0.717, 1.165) is 25.1 Å². The van der Waals surface area contributed by atoms with E-state index in [4.69, 9.17) is 0 Å². The lowest BCUT2D eigenvalue weighted by molar-refractivity contribution is -0.121. The van der Waals surface area contributed by atoms with Gasteiger partial charge in [-0.3, -0.25) is 4.79 Å². The Balaban J connectivity index is 0.00000324. The number of carbonyl (C=O) groups is 1. The topological polar surface area (TPSA) is 41.1 Å². The first kappa shape index (κ1) is 17.8. The zero-order valence-corrected chi connectivity index (χ0v) is 11.8. The molecule has 0 heterocycles. The molecule has 0 aliphatic carbocycles. The van der Waals surface area contributed by atoms with Crippen LogP contribution in [-0.2, 0) is 4.79 Å². The van der Waals surface area contributed by atoms with Gasteiger partial charge in [-0.05, 0) is 44.6 Å². The molecule has 0 aliphatic rings. The minimum absolute atomic E-state index is 0. The minimum Gasteiger partial charge on any atom is -0.350 e. The number of rotatable bonds is 6. The van der Waals surface area contributed by atoms with Crippen LogP contribution in [0.5, 0.6) is 0 Å². The molecule has 0 saturated carbocycles. The highest BCUT2D eigenvalue weighted by Gasteiger charge is 2.11. The summed E-state index contributed by atoms with van der Waals surface area (Å²) in [7, 11) is 1.82. The van der Waals surface area contributed by atoms with Crippen LogP contribution in [0.4, 0.5) is 8.78 Å². The fourth-order valence-electron chi connectivity index (χ4n) is 1.60. The van der Waals surface area contributed by atoms with Gasteiger partial charge in [0.2, 0.25) is 5.91 Å². The maximum absolute atomic E-state index is 13.0. The lowest BCUT2D eigenvalue weighted by Crippen LogP contribution is -2.27. The predicted molar refractivity (Wildman–Crippen MR) is 73.3 cm³/mol. The molecule has 1 aromatic carbocycles. The molecule has 0 saturated heterocycles. The zero-order valence-electron chi connectivity index (χ0n) is 11.0. The molecule has 2 N–H and O–H groups in total. The average molecular weight is 293 g/mol. The van der Waals surface area contributed by atoms with Gasteiger partial charge in [0.1, 0.15) is 0 Å². The highest BCUT2D eigenvalue weighted by Crippen LogP contribution is 2.16. The van der Waals surface area contributed by atoms with Gasteiger partial charge in [0.05, 0.1) is 6.04 Å². The van der Waals surface area contributed by atoms with Crippen LogP contribution in [-0.4, -0.2) is 19.5 Å². The fraction of sp³-hybridized carbons (Fsp3) is 0.462. The first-order valence-corrected chi connectivity index (χ1v) is 5.93. The van der Waals surface area contributed by atoms with Crippen LogP contribution in [0, 0.1) is 11.6 Å². The summed E-state index contributed by atoms with van der Waals surface area (Å²) in [5.41, 5.74) is 0.552. The summed E-state index contributed by atoms with van der Waals surface area (Å²) in [5.74, 6) is -1.88. The Bertz CT molecular complexity index is 416. The fourth-order valence-corrected chi connectivity index (χ4v) is 1.60. The second-order valence-electron chi connectivity index (χ2n) is 4.17. The summed E-state index contributed by atoms with van der Waals surface area (Å²) in [6.45, 7) is 2.51. The molecule has 1 rings (SSSR count). The summed E-state index contributed by atoms with van der Waals surface area (Å²) < 4.78 is 25.8. The van der Waals surface area contributed by atoms with Crippen LogP contribution in [0.25, 0.3) is 0 Å². The van der Waals surface area contributed by atoms with Gasteiger partial charge in [-0.25, -0.2) is 8.78 Å².